The van der Waals surface area contributed by atoms with Crippen LogP contribution in [0, 0.1) is 11.3 Å². The largest absolute Gasteiger partial charge is 0.490 e. The van der Waals surface area contributed by atoms with Crippen molar-refractivity contribution >= 4 is 11.7 Å². The number of anilines is 1. The standard InChI is InChI=1S/C22H26N2O4/c1-4-12-27-19-11-8-17(14-20(19)28-13-5-2)21(22(25)26-3)24-18-9-6-16(15-23)7-10-18/h6-11,14,21,24H,4-5,12-13H2,1-3H3. The number of nitrogens with zero attached hydrogens (tertiary/aromatic N) is 1. The molecular weight excluding hydrogens is 356 g/mol. The van der Waals surface area contributed by atoms with Gasteiger partial charge in [0.1, 0.15) is 0 Å². The third-order valence-electron chi connectivity index (χ3n) is 3.99. The predicted octanol–water partition coefficient (Wildman–Crippen LogP) is 4.46. The van der Waals surface area contributed by atoms with E-state index in [4.69, 9.17) is 19.5 Å². The summed E-state index contributed by atoms with van der Waals surface area (Å²) >= 11 is 0. The Kier molecular flexibility index (Phi) is 8.16. The van der Waals surface area contributed by atoms with Crippen LogP contribution < -0.4 is 14.8 Å². The Morgan fingerprint density at radius 2 is 1.68 bits per heavy atom. The van der Waals surface area contributed by atoms with E-state index in [0.717, 1.165) is 12.8 Å². The molecule has 0 fully saturated rings. The number of carbonyl (C=O) groups is 1. The van der Waals surface area contributed by atoms with Crippen molar-refractivity contribution in [2.75, 3.05) is 25.6 Å². The first-order valence-electron chi connectivity index (χ1n) is 9.37. The molecule has 0 amide bonds. The first kappa shape index (κ1) is 21.1. The molecule has 6 nitrogen and oxygen atoms in total. The zero-order valence-electron chi connectivity index (χ0n) is 16.5. The van der Waals surface area contributed by atoms with Gasteiger partial charge in [0.05, 0.1) is 32.0 Å². The lowest BCUT2D eigenvalue weighted by Gasteiger charge is -2.20. The fourth-order valence-electron chi connectivity index (χ4n) is 2.56. The number of esters is 1. The molecule has 1 atom stereocenters. The third kappa shape index (κ3) is 5.65. The Bertz CT molecular complexity index is 812. The van der Waals surface area contributed by atoms with Crippen molar-refractivity contribution in [1.82, 2.24) is 0 Å². The molecule has 0 saturated heterocycles. The van der Waals surface area contributed by atoms with E-state index in [9.17, 15) is 4.79 Å². The minimum atomic E-state index is -0.720. The highest BCUT2D eigenvalue weighted by atomic mass is 16.5. The topological polar surface area (TPSA) is 80.6 Å². The summed E-state index contributed by atoms with van der Waals surface area (Å²) in [5.41, 5.74) is 1.95. The van der Waals surface area contributed by atoms with Crippen molar-refractivity contribution in [2.24, 2.45) is 0 Å². The Morgan fingerprint density at radius 3 is 2.25 bits per heavy atom. The molecule has 6 heteroatoms. The van der Waals surface area contributed by atoms with E-state index in [1.54, 1.807) is 30.3 Å². The van der Waals surface area contributed by atoms with Gasteiger partial charge in [0, 0.05) is 5.69 Å². The van der Waals surface area contributed by atoms with Crippen molar-refractivity contribution in [1.29, 1.82) is 5.26 Å². The molecule has 0 aromatic heterocycles. The molecule has 1 unspecified atom stereocenters. The number of hydrogen-bond donors (Lipinski definition) is 1. The number of nitrogens with one attached hydrogen (secondary N) is 1. The minimum Gasteiger partial charge on any atom is -0.490 e. The van der Waals surface area contributed by atoms with Gasteiger partial charge in [-0.1, -0.05) is 19.9 Å². The molecule has 2 aromatic carbocycles. The van der Waals surface area contributed by atoms with Crippen LogP contribution in [0.4, 0.5) is 5.69 Å². The van der Waals surface area contributed by atoms with Gasteiger partial charge in [0.2, 0.25) is 0 Å². The van der Waals surface area contributed by atoms with Gasteiger partial charge in [0.25, 0.3) is 0 Å². The summed E-state index contributed by atoms with van der Waals surface area (Å²) in [6, 6.07) is 13.7. The number of nitriles is 1. The average Bonchev–Trinajstić information content (AvgIpc) is 2.74. The number of methoxy groups -OCH3 is 1. The number of ether oxygens (including phenoxy) is 3. The summed E-state index contributed by atoms with van der Waals surface area (Å²) in [6.45, 7) is 5.21. The number of rotatable bonds is 10. The van der Waals surface area contributed by atoms with Crippen molar-refractivity contribution < 1.29 is 19.0 Å². The van der Waals surface area contributed by atoms with Gasteiger partial charge in [0.15, 0.2) is 17.5 Å². The zero-order chi connectivity index (χ0) is 20.4. The fraction of sp³-hybridized carbons (Fsp3) is 0.364. The Morgan fingerprint density at radius 1 is 1.04 bits per heavy atom. The normalized spacial score (nSPS) is 11.2. The number of hydrogen-bond acceptors (Lipinski definition) is 6. The smallest absolute Gasteiger partial charge is 0.332 e. The van der Waals surface area contributed by atoms with E-state index >= 15 is 0 Å². The summed E-state index contributed by atoms with van der Waals surface area (Å²) in [4.78, 5) is 12.4. The molecule has 2 rings (SSSR count). The molecule has 0 saturated carbocycles. The first-order valence-corrected chi connectivity index (χ1v) is 9.37. The molecule has 0 aliphatic heterocycles. The van der Waals surface area contributed by atoms with E-state index < -0.39 is 12.0 Å². The third-order valence-corrected chi connectivity index (χ3v) is 3.99. The molecule has 0 radical (unpaired) electrons. The molecular formula is C22H26N2O4. The Labute approximate surface area is 166 Å². The predicted molar refractivity (Wildman–Crippen MR) is 108 cm³/mol. The lowest BCUT2D eigenvalue weighted by Crippen LogP contribution is -2.22. The summed E-state index contributed by atoms with van der Waals surface area (Å²) in [7, 11) is 1.35. The molecule has 0 bridgehead atoms. The van der Waals surface area contributed by atoms with Gasteiger partial charge in [-0.3, -0.25) is 0 Å². The van der Waals surface area contributed by atoms with Gasteiger partial charge in [-0.25, -0.2) is 4.79 Å². The maximum absolute atomic E-state index is 12.4. The van der Waals surface area contributed by atoms with Gasteiger partial charge >= 0.3 is 5.97 Å². The van der Waals surface area contributed by atoms with E-state index in [0.29, 0.717) is 41.5 Å². The molecule has 0 aliphatic carbocycles. The molecule has 2 aromatic rings. The summed E-state index contributed by atoms with van der Waals surface area (Å²) < 4.78 is 16.6. The highest BCUT2D eigenvalue weighted by Gasteiger charge is 2.23. The Balaban J connectivity index is 2.33. The van der Waals surface area contributed by atoms with Crippen LogP contribution in [0.15, 0.2) is 42.5 Å². The fourth-order valence-corrected chi connectivity index (χ4v) is 2.56. The molecule has 148 valence electrons. The molecule has 1 N–H and O–H groups in total. The van der Waals surface area contributed by atoms with Crippen LogP contribution in [0.1, 0.15) is 43.9 Å². The van der Waals surface area contributed by atoms with Crippen LogP contribution in [0.25, 0.3) is 0 Å². The average molecular weight is 382 g/mol. The minimum absolute atomic E-state index is 0.423. The second-order valence-electron chi connectivity index (χ2n) is 6.19. The van der Waals surface area contributed by atoms with E-state index in [1.807, 2.05) is 26.0 Å². The van der Waals surface area contributed by atoms with Crippen LogP contribution in [0.5, 0.6) is 11.5 Å². The van der Waals surface area contributed by atoms with Gasteiger partial charge < -0.3 is 19.5 Å². The SMILES string of the molecule is CCCOc1ccc(C(Nc2ccc(C#N)cc2)C(=O)OC)cc1OCCC. The molecule has 0 spiro atoms. The van der Waals surface area contributed by atoms with Crippen molar-refractivity contribution in [3.8, 4) is 17.6 Å². The second kappa shape index (κ2) is 10.8. The van der Waals surface area contributed by atoms with E-state index in [-0.39, 0.29) is 0 Å². The monoisotopic (exact) mass is 382 g/mol. The lowest BCUT2D eigenvalue weighted by molar-refractivity contribution is -0.141. The van der Waals surface area contributed by atoms with Crippen LogP contribution in [-0.2, 0) is 9.53 Å². The van der Waals surface area contributed by atoms with Crippen molar-refractivity contribution in [3.63, 3.8) is 0 Å². The van der Waals surface area contributed by atoms with Crippen LogP contribution in [-0.4, -0.2) is 26.3 Å². The molecule has 0 aliphatic rings. The van der Waals surface area contributed by atoms with Gasteiger partial charge in [-0.05, 0) is 54.8 Å². The number of carbonyl (C=O) groups excluding carboxylic acids is 1. The summed E-state index contributed by atoms with van der Waals surface area (Å²) in [5, 5.41) is 12.1. The van der Waals surface area contributed by atoms with Crippen molar-refractivity contribution in [2.45, 2.75) is 32.7 Å². The first-order chi connectivity index (χ1) is 13.6. The highest BCUT2D eigenvalue weighted by Crippen LogP contribution is 2.32. The van der Waals surface area contributed by atoms with Crippen LogP contribution in [0.3, 0.4) is 0 Å². The second-order valence-corrected chi connectivity index (χ2v) is 6.19. The van der Waals surface area contributed by atoms with Gasteiger partial charge in [-0.15, -0.1) is 0 Å². The molecule has 0 heterocycles. The van der Waals surface area contributed by atoms with Crippen LogP contribution >= 0.6 is 0 Å². The maximum Gasteiger partial charge on any atom is 0.332 e. The van der Waals surface area contributed by atoms with E-state index in [1.165, 1.54) is 7.11 Å². The van der Waals surface area contributed by atoms with Crippen molar-refractivity contribution in [3.05, 3.63) is 53.6 Å². The zero-order valence-corrected chi connectivity index (χ0v) is 16.5. The number of benzene rings is 2. The van der Waals surface area contributed by atoms with Gasteiger partial charge in [-0.2, -0.15) is 5.26 Å². The highest BCUT2D eigenvalue weighted by molar-refractivity contribution is 5.81. The summed E-state index contributed by atoms with van der Waals surface area (Å²) in [5.74, 6) is 0.831. The quantitative estimate of drug-likeness (QED) is 0.611. The maximum atomic E-state index is 12.4. The van der Waals surface area contributed by atoms with Crippen LogP contribution in [0.2, 0.25) is 0 Å². The molecule has 28 heavy (non-hydrogen) atoms. The summed E-state index contributed by atoms with van der Waals surface area (Å²) in [6.07, 6.45) is 1.75. The lowest BCUT2D eigenvalue weighted by atomic mass is 10.1. The Hall–Kier alpha value is -3.20. The van der Waals surface area contributed by atoms with E-state index in [2.05, 4.69) is 11.4 Å².